The van der Waals surface area contributed by atoms with E-state index in [0.29, 0.717) is 0 Å². The second kappa shape index (κ2) is 4.75. The van der Waals surface area contributed by atoms with E-state index in [9.17, 15) is 4.79 Å². The van der Waals surface area contributed by atoms with Gasteiger partial charge in [0.15, 0.2) is 5.78 Å². The first-order valence-corrected chi connectivity index (χ1v) is 7.08. The van der Waals surface area contributed by atoms with Crippen molar-refractivity contribution >= 4 is 17.5 Å². The molecule has 0 aromatic heterocycles. The molecule has 0 aromatic rings. The topological polar surface area (TPSA) is 26.3 Å². The zero-order valence-corrected chi connectivity index (χ0v) is 10.9. The second-order valence-electron chi connectivity index (χ2n) is 4.35. The normalized spacial score (nSPS) is 29.2. The summed E-state index contributed by atoms with van der Waals surface area (Å²) < 4.78 is 5.85. The third-order valence-electron chi connectivity index (χ3n) is 3.10. The van der Waals surface area contributed by atoms with Gasteiger partial charge in [-0.3, -0.25) is 4.79 Å². The van der Waals surface area contributed by atoms with Crippen LogP contribution >= 0.6 is 11.8 Å². The monoisotopic (exact) mass is 258 g/mol. The summed E-state index contributed by atoms with van der Waals surface area (Å²) in [4.78, 5) is 13.1. The van der Waals surface area contributed by atoms with Crippen molar-refractivity contribution in [3.8, 4) is 0 Å². The number of fused-ring (bicyclic) bond motifs is 2. The Morgan fingerprint density at radius 1 is 1.22 bits per heavy atom. The third kappa shape index (κ3) is 2.04. The van der Waals surface area contributed by atoms with Crippen LogP contribution in [0.1, 0.15) is 6.92 Å². The largest absolute Gasteiger partial charge is 0.353 e. The predicted molar refractivity (Wildman–Crippen MR) is 74.3 cm³/mol. The molecule has 0 saturated heterocycles. The summed E-state index contributed by atoms with van der Waals surface area (Å²) >= 11 is 1.69. The molecule has 2 nitrogen and oxygen atoms in total. The number of carbonyl (C=O) groups is 1. The second-order valence-corrected chi connectivity index (χ2v) is 5.69. The molecule has 0 aromatic carbocycles. The lowest BCUT2D eigenvalue weighted by molar-refractivity contribution is -0.124. The molecule has 1 heterocycles. The first kappa shape index (κ1) is 11.8. The number of thioether (sulfide) groups is 1. The number of hydrogen-bond donors (Lipinski definition) is 0. The minimum atomic E-state index is -0.420. The molecule has 2 atom stereocenters. The van der Waals surface area contributed by atoms with E-state index in [0.717, 1.165) is 21.8 Å². The van der Waals surface area contributed by atoms with Crippen LogP contribution in [-0.4, -0.2) is 23.7 Å². The summed E-state index contributed by atoms with van der Waals surface area (Å²) in [7, 11) is 0. The molecule has 0 amide bonds. The van der Waals surface area contributed by atoms with Crippen molar-refractivity contribution in [3.05, 3.63) is 58.6 Å². The zero-order chi connectivity index (χ0) is 12.5. The van der Waals surface area contributed by atoms with Crippen LogP contribution < -0.4 is 0 Å². The number of ketones is 1. The predicted octanol–water partition coefficient (Wildman–Crippen LogP) is 2.95. The molecular weight excluding hydrogens is 244 g/mol. The lowest BCUT2D eigenvalue weighted by atomic mass is 9.91. The Hall–Kier alpha value is -1.32. The van der Waals surface area contributed by atoms with E-state index >= 15 is 0 Å². The first-order chi connectivity index (χ1) is 8.78. The van der Waals surface area contributed by atoms with Crippen LogP contribution in [0.25, 0.3) is 0 Å². The molecular formula is C15H14O2S. The highest BCUT2D eigenvalue weighted by Crippen LogP contribution is 2.33. The summed E-state index contributed by atoms with van der Waals surface area (Å²) in [6.45, 7) is 2.08. The number of carbonyl (C=O) groups excluding carboxylic acids is 1. The minimum absolute atomic E-state index is 0.0571. The summed E-state index contributed by atoms with van der Waals surface area (Å²) in [6, 6.07) is 0. The van der Waals surface area contributed by atoms with Gasteiger partial charge in [0, 0.05) is 4.91 Å². The molecule has 92 valence electrons. The number of ether oxygens (including phenoxy) is 1. The Balaban J connectivity index is 1.96. The quantitative estimate of drug-likeness (QED) is 0.761. The Morgan fingerprint density at radius 2 is 2.11 bits per heavy atom. The van der Waals surface area contributed by atoms with Gasteiger partial charge in [0.25, 0.3) is 0 Å². The number of hydrogen-bond acceptors (Lipinski definition) is 3. The van der Waals surface area contributed by atoms with Crippen molar-refractivity contribution in [2.24, 2.45) is 0 Å². The van der Waals surface area contributed by atoms with Crippen molar-refractivity contribution in [3.63, 3.8) is 0 Å². The van der Waals surface area contributed by atoms with Crippen LogP contribution in [0.3, 0.4) is 0 Å². The molecule has 0 N–H and O–H groups in total. The van der Waals surface area contributed by atoms with Crippen molar-refractivity contribution < 1.29 is 9.53 Å². The molecule has 2 unspecified atom stereocenters. The van der Waals surface area contributed by atoms with Gasteiger partial charge in [-0.05, 0) is 35.1 Å². The summed E-state index contributed by atoms with van der Waals surface area (Å²) in [6.07, 6.45) is 13.3. The first-order valence-electron chi connectivity index (χ1n) is 6.10. The fourth-order valence-corrected chi connectivity index (χ4v) is 3.06. The molecule has 0 fully saturated rings. The van der Waals surface area contributed by atoms with E-state index in [4.69, 9.17) is 4.74 Å². The molecule has 3 heteroatoms. The van der Waals surface area contributed by atoms with E-state index < -0.39 is 6.10 Å². The van der Waals surface area contributed by atoms with E-state index in [2.05, 4.69) is 19.1 Å². The lowest BCUT2D eigenvalue weighted by Crippen LogP contribution is -2.35. The van der Waals surface area contributed by atoms with Crippen LogP contribution in [0.5, 0.6) is 0 Å². The number of rotatable bonds is 2. The van der Waals surface area contributed by atoms with Crippen LogP contribution in [0.15, 0.2) is 58.6 Å². The smallest absolute Gasteiger partial charge is 0.190 e. The van der Waals surface area contributed by atoms with Gasteiger partial charge in [-0.1, -0.05) is 31.2 Å². The molecule has 0 bridgehead atoms. The molecule has 0 saturated carbocycles. The summed E-state index contributed by atoms with van der Waals surface area (Å²) in [5.41, 5.74) is 2.10. The standard InChI is InChI=1S/C15H14O2S/c1-2-18-12-8-11-7-10-5-3-4-6-14(10)17-15(11)13(16)9-12/h3-9,14-15H,2H2,1H3. The van der Waals surface area contributed by atoms with Crippen LogP contribution in [-0.2, 0) is 9.53 Å². The van der Waals surface area contributed by atoms with Crippen molar-refractivity contribution in [2.45, 2.75) is 19.1 Å². The van der Waals surface area contributed by atoms with Crippen LogP contribution in [0.4, 0.5) is 0 Å². The highest BCUT2D eigenvalue weighted by molar-refractivity contribution is 8.03. The maximum absolute atomic E-state index is 12.1. The van der Waals surface area contributed by atoms with Crippen molar-refractivity contribution in [1.29, 1.82) is 0 Å². The average Bonchev–Trinajstić information content (AvgIpc) is 2.37. The molecule has 3 aliphatic rings. The van der Waals surface area contributed by atoms with Gasteiger partial charge in [-0.25, -0.2) is 0 Å². The van der Waals surface area contributed by atoms with Gasteiger partial charge in [-0.2, -0.15) is 0 Å². The highest BCUT2D eigenvalue weighted by atomic mass is 32.2. The Kier molecular flexibility index (Phi) is 3.10. The Bertz CT molecular complexity index is 535. The summed E-state index contributed by atoms with van der Waals surface area (Å²) in [5.74, 6) is 1.03. The van der Waals surface area contributed by atoms with Gasteiger partial charge >= 0.3 is 0 Å². The lowest BCUT2D eigenvalue weighted by Gasteiger charge is -2.31. The fraction of sp³-hybridized carbons (Fsp3) is 0.267. The number of allylic oxidation sites excluding steroid dienone is 3. The summed E-state index contributed by atoms with van der Waals surface area (Å²) in [5, 5.41) is 0. The molecule has 18 heavy (non-hydrogen) atoms. The molecule has 0 spiro atoms. The fourth-order valence-electron chi connectivity index (χ4n) is 2.31. The van der Waals surface area contributed by atoms with Gasteiger partial charge in [0.2, 0.25) is 0 Å². The zero-order valence-electron chi connectivity index (χ0n) is 10.1. The van der Waals surface area contributed by atoms with E-state index in [1.54, 1.807) is 17.8 Å². The average molecular weight is 258 g/mol. The third-order valence-corrected chi connectivity index (χ3v) is 3.95. The maximum atomic E-state index is 12.1. The Labute approximate surface area is 111 Å². The van der Waals surface area contributed by atoms with E-state index in [1.807, 2.05) is 24.3 Å². The van der Waals surface area contributed by atoms with Crippen molar-refractivity contribution in [1.82, 2.24) is 0 Å². The van der Waals surface area contributed by atoms with E-state index in [-0.39, 0.29) is 11.9 Å². The SMILES string of the molecule is CCSC1=CC(=O)C2OC3C=CC=CC3=CC2=C1. The van der Waals surface area contributed by atoms with Gasteiger partial charge < -0.3 is 4.74 Å². The van der Waals surface area contributed by atoms with Gasteiger partial charge in [0.1, 0.15) is 12.2 Å². The van der Waals surface area contributed by atoms with E-state index in [1.165, 1.54) is 0 Å². The van der Waals surface area contributed by atoms with Gasteiger partial charge in [-0.15, -0.1) is 11.8 Å². The van der Waals surface area contributed by atoms with Gasteiger partial charge in [0.05, 0.1) is 0 Å². The highest BCUT2D eigenvalue weighted by Gasteiger charge is 2.32. The molecule has 2 aliphatic carbocycles. The van der Waals surface area contributed by atoms with Crippen LogP contribution in [0, 0.1) is 0 Å². The Morgan fingerprint density at radius 3 is 2.94 bits per heavy atom. The maximum Gasteiger partial charge on any atom is 0.190 e. The van der Waals surface area contributed by atoms with Crippen LogP contribution in [0.2, 0.25) is 0 Å². The molecule has 0 radical (unpaired) electrons. The molecule has 3 rings (SSSR count). The minimum Gasteiger partial charge on any atom is -0.353 e. The molecule has 1 aliphatic heterocycles. The van der Waals surface area contributed by atoms with Crippen molar-refractivity contribution in [2.75, 3.05) is 5.75 Å².